The van der Waals surface area contributed by atoms with E-state index < -0.39 is 26.6 Å². The molecule has 0 fully saturated rings. The molecule has 0 radical (unpaired) electrons. The number of nitrogens with zero attached hydrogens (tertiary/aromatic N) is 1. The lowest BCUT2D eigenvalue weighted by Crippen LogP contribution is -2.45. The molecule has 0 saturated carbocycles. The number of carbonyl (C=O) groups is 1. The lowest BCUT2D eigenvalue weighted by molar-refractivity contribution is -0.870. The van der Waals surface area contributed by atoms with Crippen molar-refractivity contribution in [1.82, 2.24) is 5.32 Å². The van der Waals surface area contributed by atoms with E-state index in [1.54, 1.807) is 6.08 Å². The van der Waals surface area contributed by atoms with Crippen LogP contribution in [0.5, 0.6) is 0 Å². The van der Waals surface area contributed by atoms with Gasteiger partial charge in [-0.1, -0.05) is 147 Å². The van der Waals surface area contributed by atoms with E-state index in [9.17, 15) is 19.4 Å². The maximum Gasteiger partial charge on any atom is 0.268 e. The van der Waals surface area contributed by atoms with Crippen LogP contribution in [0.3, 0.4) is 0 Å². The van der Waals surface area contributed by atoms with E-state index in [0.717, 1.165) is 51.4 Å². The number of phosphoric acid groups is 1. The smallest absolute Gasteiger partial charge is 0.268 e. The van der Waals surface area contributed by atoms with Gasteiger partial charge in [0.25, 0.3) is 7.82 Å². The van der Waals surface area contributed by atoms with Gasteiger partial charge in [-0.2, -0.15) is 0 Å². The number of unbranched alkanes of at least 4 members (excludes halogenated alkanes) is 17. The molecule has 0 aromatic heterocycles. The average Bonchev–Trinajstić information content (AvgIpc) is 3.02. The summed E-state index contributed by atoms with van der Waals surface area (Å²) in [6.45, 7) is 4.52. The molecule has 8 nitrogen and oxygen atoms in total. The Hall–Kier alpha value is -1.28. The summed E-state index contributed by atoms with van der Waals surface area (Å²) in [5, 5.41) is 13.6. The highest BCUT2D eigenvalue weighted by atomic mass is 31.2. The van der Waals surface area contributed by atoms with Crippen LogP contribution in [0.25, 0.3) is 0 Å². The van der Waals surface area contributed by atoms with Crippen molar-refractivity contribution in [3.63, 3.8) is 0 Å². The zero-order valence-electron chi connectivity index (χ0n) is 31.7. The first-order valence-corrected chi connectivity index (χ1v) is 20.8. The van der Waals surface area contributed by atoms with Crippen molar-refractivity contribution in [1.29, 1.82) is 0 Å². The van der Waals surface area contributed by atoms with Gasteiger partial charge in [-0.3, -0.25) is 9.36 Å². The summed E-state index contributed by atoms with van der Waals surface area (Å²) in [6.07, 6.45) is 36.2. The van der Waals surface area contributed by atoms with Gasteiger partial charge in [0.05, 0.1) is 39.9 Å². The number of aliphatic hydroxyl groups excluding tert-OH is 1. The number of aliphatic hydroxyl groups is 1. The Morgan fingerprint density at radius 1 is 0.708 bits per heavy atom. The van der Waals surface area contributed by atoms with Crippen molar-refractivity contribution in [2.75, 3.05) is 40.9 Å². The summed E-state index contributed by atoms with van der Waals surface area (Å²) >= 11 is 0. The predicted octanol–water partition coefficient (Wildman–Crippen LogP) is 9.33. The van der Waals surface area contributed by atoms with E-state index in [4.69, 9.17) is 9.05 Å². The lowest BCUT2D eigenvalue weighted by atomic mass is 10.0. The van der Waals surface area contributed by atoms with E-state index >= 15 is 0 Å². The predicted molar refractivity (Wildman–Crippen MR) is 201 cm³/mol. The van der Waals surface area contributed by atoms with Crippen LogP contribution in [0.4, 0.5) is 0 Å². The highest BCUT2D eigenvalue weighted by molar-refractivity contribution is 7.45. The number of rotatable bonds is 34. The number of hydrogen-bond donors (Lipinski definition) is 2. The van der Waals surface area contributed by atoms with Gasteiger partial charge in [0.2, 0.25) is 5.91 Å². The maximum atomic E-state index is 12.8. The number of carbonyl (C=O) groups excluding carboxylic acids is 1. The second-order valence-corrected chi connectivity index (χ2v) is 15.7. The Morgan fingerprint density at radius 3 is 1.65 bits per heavy atom. The number of allylic oxidation sites excluding steroid dienone is 5. The molecular formula is C39H75N2O6P. The SMILES string of the molecule is CCC/C=C/CC/C=C/CC/C=C/C(O)C(COP(=O)([O-])OCC[N+](C)(C)C)NC(=O)CCCCCCCCCCCCCCCCC. The molecule has 0 bridgehead atoms. The van der Waals surface area contributed by atoms with Crippen LogP contribution in [0.2, 0.25) is 0 Å². The number of likely N-dealkylation sites (N-methyl/N-ethyl adjacent to an activating group) is 1. The molecule has 0 spiro atoms. The van der Waals surface area contributed by atoms with Gasteiger partial charge < -0.3 is 28.8 Å². The van der Waals surface area contributed by atoms with Crippen LogP contribution < -0.4 is 10.2 Å². The monoisotopic (exact) mass is 699 g/mol. The number of hydrogen-bond acceptors (Lipinski definition) is 6. The third-order valence-electron chi connectivity index (χ3n) is 8.31. The molecular weight excluding hydrogens is 623 g/mol. The molecule has 0 aliphatic carbocycles. The Kier molecular flexibility index (Phi) is 30.8. The van der Waals surface area contributed by atoms with Crippen LogP contribution >= 0.6 is 7.82 Å². The Labute approximate surface area is 296 Å². The molecule has 3 unspecified atom stereocenters. The van der Waals surface area contributed by atoms with Gasteiger partial charge >= 0.3 is 0 Å². The summed E-state index contributed by atoms with van der Waals surface area (Å²) in [7, 11) is 1.23. The fraction of sp³-hybridized carbons (Fsp3) is 0.821. The van der Waals surface area contributed by atoms with Gasteiger partial charge in [-0.05, 0) is 38.5 Å². The van der Waals surface area contributed by atoms with Crippen LogP contribution in [0.1, 0.15) is 155 Å². The quantitative estimate of drug-likeness (QED) is 0.0300. The van der Waals surface area contributed by atoms with E-state index in [-0.39, 0.29) is 12.5 Å². The first kappa shape index (κ1) is 46.7. The van der Waals surface area contributed by atoms with E-state index in [0.29, 0.717) is 17.4 Å². The molecule has 9 heteroatoms. The van der Waals surface area contributed by atoms with Gasteiger partial charge in [0, 0.05) is 6.42 Å². The molecule has 0 heterocycles. The third-order valence-corrected chi connectivity index (χ3v) is 9.28. The zero-order valence-corrected chi connectivity index (χ0v) is 32.6. The molecule has 3 atom stereocenters. The average molecular weight is 699 g/mol. The minimum Gasteiger partial charge on any atom is -0.756 e. The molecule has 0 saturated heterocycles. The summed E-state index contributed by atoms with van der Waals surface area (Å²) < 4.78 is 23.0. The van der Waals surface area contributed by atoms with E-state index in [2.05, 4.69) is 43.5 Å². The van der Waals surface area contributed by atoms with Crippen molar-refractivity contribution in [2.45, 2.75) is 167 Å². The Bertz CT molecular complexity index is 886. The van der Waals surface area contributed by atoms with Gasteiger partial charge in [0.15, 0.2) is 0 Å². The van der Waals surface area contributed by atoms with Crippen molar-refractivity contribution < 1.29 is 32.9 Å². The van der Waals surface area contributed by atoms with Crippen molar-refractivity contribution >= 4 is 13.7 Å². The zero-order chi connectivity index (χ0) is 35.8. The lowest BCUT2D eigenvalue weighted by Gasteiger charge is -2.29. The summed E-state index contributed by atoms with van der Waals surface area (Å²) in [5.74, 6) is -0.214. The molecule has 1 amide bonds. The van der Waals surface area contributed by atoms with Gasteiger partial charge in [-0.15, -0.1) is 0 Å². The molecule has 0 aromatic carbocycles. The molecule has 0 rings (SSSR count). The number of amides is 1. The minimum atomic E-state index is -4.59. The number of phosphoric ester groups is 1. The van der Waals surface area contributed by atoms with Crippen LogP contribution in [-0.2, 0) is 18.4 Å². The second-order valence-electron chi connectivity index (χ2n) is 14.3. The Morgan fingerprint density at radius 2 is 1.17 bits per heavy atom. The summed E-state index contributed by atoms with van der Waals surface area (Å²) in [5.41, 5.74) is 0. The number of quaternary nitrogens is 1. The first-order chi connectivity index (χ1) is 23.0. The second kappa shape index (κ2) is 31.7. The number of nitrogens with one attached hydrogen (secondary N) is 1. The van der Waals surface area contributed by atoms with Gasteiger partial charge in [0.1, 0.15) is 13.2 Å². The Balaban J connectivity index is 4.53. The molecule has 2 N–H and O–H groups in total. The van der Waals surface area contributed by atoms with E-state index in [1.807, 2.05) is 27.2 Å². The molecule has 282 valence electrons. The highest BCUT2D eigenvalue weighted by Gasteiger charge is 2.23. The largest absolute Gasteiger partial charge is 0.756 e. The normalized spacial score (nSPS) is 15.1. The van der Waals surface area contributed by atoms with Crippen LogP contribution in [-0.4, -0.2) is 68.5 Å². The topological polar surface area (TPSA) is 108 Å². The fourth-order valence-electron chi connectivity index (χ4n) is 5.19. The van der Waals surface area contributed by atoms with E-state index in [1.165, 1.54) is 83.5 Å². The van der Waals surface area contributed by atoms with Crippen molar-refractivity contribution in [2.24, 2.45) is 0 Å². The molecule has 0 aliphatic rings. The minimum absolute atomic E-state index is 0.00843. The highest BCUT2D eigenvalue weighted by Crippen LogP contribution is 2.38. The standard InChI is InChI=1S/C39H75N2O6P/c1-6-8-10-12-14-16-18-19-20-21-23-25-27-29-31-33-39(43)40-37(36-47-48(44,45)46-35-34-41(3,4)5)38(42)32-30-28-26-24-22-17-15-13-11-9-7-2/h11,13,22,24,30,32,37-38,42H,6-10,12,14-21,23,25-29,31,33-36H2,1-5H3,(H-,40,43,44,45)/b13-11+,24-22+,32-30+. The van der Waals surface area contributed by atoms with Crippen LogP contribution in [0.15, 0.2) is 36.5 Å². The fourth-order valence-corrected chi connectivity index (χ4v) is 5.91. The summed E-state index contributed by atoms with van der Waals surface area (Å²) in [4.78, 5) is 25.1. The van der Waals surface area contributed by atoms with Crippen LogP contribution in [0, 0.1) is 0 Å². The van der Waals surface area contributed by atoms with Crippen molar-refractivity contribution in [3.8, 4) is 0 Å². The van der Waals surface area contributed by atoms with Gasteiger partial charge in [-0.25, -0.2) is 0 Å². The maximum absolute atomic E-state index is 12.8. The molecule has 0 aromatic rings. The van der Waals surface area contributed by atoms with Crippen molar-refractivity contribution in [3.05, 3.63) is 36.5 Å². The summed E-state index contributed by atoms with van der Waals surface area (Å²) in [6, 6.07) is -0.903. The third kappa shape index (κ3) is 33.2. The first-order valence-electron chi connectivity index (χ1n) is 19.4. The molecule has 0 aliphatic heterocycles. The molecule has 48 heavy (non-hydrogen) atoms.